The zero-order chi connectivity index (χ0) is 20.3. The number of anilines is 1. The summed E-state index contributed by atoms with van der Waals surface area (Å²) in [6, 6.07) is 10.1. The van der Waals surface area contributed by atoms with Gasteiger partial charge in [0, 0.05) is 47.6 Å². The summed E-state index contributed by atoms with van der Waals surface area (Å²) >= 11 is 2.12. The number of halogens is 1. The highest BCUT2D eigenvalue weighted by Gasteiger charge is 2.25. The van der Waals surface area contributed by atoms with Crippen molar-refractivity contribution in [1.29, 1.82) is 0 Å². The number of hydrogen-bond acceptors (Lipinski definition) is 6. The molecule has 8 nitrogen and oxygen atoms in total. The SMILES string of the molecule is COc1cc(I)c(C(=O)N2CCN(c3cccc([N+](=O)[O-])c3)CC2)cc1OC. The fourth-order valence-corrected chi connectivity index (χ4v) is 3.83. The standard InChI is InChI=1S/C19H20IN3O5/c1-27-17-11-15(16(20)12-18(17)28-2)19(24)22-8-6-21(7-9-22)13-4-3-5-14(10-13)23(25)26/h3-5,10-12H,6-9H2,1-2H3. The summed E-state index contributed by atoms with van der Waals surface area (Å²) in [6.45, 7) is 2.28. The molecule has 28 heavy (non-hydrogen) atoms. The molecule has 1 aliphatic rings. The molecule has 0 saturated carbocycles. The van der Waals surface area contributed by atoms with Gasteiger partial charge in [-0.05, 0) is 40.8 Å². The number of carbonyl (C=O) groups excluding carboxylic acids is 1. The van der Waals surface area contributed by atoms with Gasteiger partial charge in [0.1, 0.15) is 0 Å². The Morgan fingerprint density at radius 1 is 1.07 bits per heavy atom. The highest BCUT2D eigenvalue weighted by molar-refractivity contribution is 14.1. The lowest BCUT2D eigenvalue weighted by atomic mass is 10.1. The Morgan fingerprint density at radius 3 is 2.32 bits per heavy atom. The average molecular weight is 497 g/mol. The van der Waals surface area contributed by atoms with Gasteiger partial charge >= 0.3 is 0 Å². The molecule has 2 aromatic rings. The summed E-state index contributed by atoms with van der Waals surface area (Å²) in [7, 11) is 3.10. The number of benzene rings is 2. The van der Waals surface area contributed by atoms with Crippen LogP contribution in [0.4, 0.5) is 11.4 Å². The minimum Gasteiger partial charge on any atom is -0.493 e. The van der Waals surface area contributed by atoms with Crippen molar-refractivity contribution < 1.29 is 19.2 Å². The summed E-state index contributed by atoms with van der Waals surface area (Å²) in [5, 5.41) is 11.0. The predicted octanol–water partition coefficient (Wildman–Crippen LogP) is 3.18. The van der Waals surface area contributed by atoms with Crippen LogP contribution >= 0.6 is 22.6 Å². The van der Waals surface area contributed by atoms with Crippen LogP contribution < -0.4 is 14.4 Å². The first-order chi connectivity index (χ1) is 13.4. The molecule has 0 atom stereocenters. The van der Waals surface area contributed by atoms with Crippen molar-refractivity contribution in [3.63, 3.8) is 0 Å². The third kappa shape index (κ3) is 4.13. The lowest BCUT2D eigenvalue weighted by molar-refractivity contribution is -0.384. The zero-order valence-corrected chi connectivity index (χ0v) is 17.7. The van der Waals surface area contributed by atoms with Gasteiger partial charge in [0.05, 0.1) is 24.7 Å². The molecule has 0 N–H and O–H groups in total. The number of amides is 1. The van der Waals surface area contributed by atoms with Crippen LogP contribution in [0.2, 0.25) is 0 Å². The molecule has 0 aromatic heterocycles. The molecule has 0 bridgehead atoms. The lowest BCUT2D eigenvalue weighted by Gasteiger charge is -2.36. The van der Waals surface area contributed by atoms with Gasteiger partial charge in [-0.2, -0.15) is 0 Å². The van der Waals surface area contributed by atoms with Crippen molar-refractivity contribution in [2.45, 2.75) is 0 Å². The second kappa shape index (κ2) is 8.63. The van der Waals surface area contributed by atoms with E-state index in [9.17, 15) is 14.9 Å². The molecular formula is C19H20IN3O5. The van der Waals surface area contributed by atoms with Crippen LogP contribution in [0.5, 0.6) is 11.5 Å². The number of hydrogen-bond donors (Lipinski definition) is 0. The van der Waals surface area contributed by atoms with Gasteiger partial charge in [-0.1, -0.05) is 6.07 Å². The van der Waals surface area contributed by atoms with Gasteiger partial charge in [0.15, 0.2) is 11.5 Å². The Morgan fingerprint density at radius 2 is 1.71 bits per heavy atom. The Labute approximate surface area is 176 Å². The van der Waals surface area contributed by atoms with Crippen molar-refractivity contribution in [1.82, 2.24) is 4.90 Å². The molecular weight excluding hydrogens is 477 g/mol. The van der Waals surface area contributed by atoms with E-state index in [1.165, 1.54) is 13.2 Å². The number of nitrogens with zero attached hydrogens (tertiary/aromatic N) is 3. The van der Waals surface area contributed by atoms with E-state index in [1.54, 1.807) is 36.3 Å². The number of carbonyl (C=O) groups is 1. The number of non-ortho nitro benzene ring substituents is 1. The van der Waals surface area contributed by atoms with E-state index in [2.05, 4.69) is 27.5 Å². The Hall–Kier alpha value is -2.56. The lowest BCUT2D eigenvalue weighted by Crippen LogP contribution is -2.49. The second-order valence-electron chi connectivity index (χ2n) is 6.24. The summed E-state index contributed by atoms with van der Waals surface area (Å²) in [6.07, 6.45) is 0. The Bertz CT molecular complexity index is 897. The molecule has 1 amide bonds. The van der Waals surface area contributed by atoms with Crippen LogP contribution in [0.1, 0.15) is 10.4 Å². The molecule has 2 aromatic carbocycles. The van der Waals surface area contributed by atoms with Crippen LogP contribution in [-0.2, 0) is 0 Å². The van der Waals surface area contributed by atoms with E-state index in [1.807, 2.05) is 6.07 Å². The molecule has 3 rings (SSSR count). The first-order valence-electron chi connectivity index (χ1n) is 8.64. The van der Waals surface area contributed by atoms with Crippen molar-refractivity contribution in [3.05, 3.63) is 55.6 Å². The maximum absolute atomic E-state index is 13.0. The maximum atomic E-state index is 13.0. The highest BCUT2D eigenvalue weighted by atomic mass is 127. The van der Waals surface area contributed by atoms with E-state index in [0.717, 1.165) is 9.26 Å². The van der Waals surface area contributed by atoms with Crippen LogP contribution in [0.25, 0.3) is 0 Å². The molecule has 1 heterocycles. The van der Waals surface area contributed by atoms with E-state index in [-0.39, 0.29) is 11.6 Å². The fraction of sp³-hybridized carbons (Fsp3) is 0.316. The van der Waals surface area contributed by atoms with Crippen LogP contribution in [0.15, 0.2) is 36.4 Å². The van der Waals surface area contributed by atoms with E-state index in [4.69, 9.17) is 9.47 Å². The largest absolute Gasteiger partial charge is 0.493 e. The molecule has 0 radical (unpaired) electrons. The van der Waals surface area contributed by atoms with Gasteiger partial charge in [0.25, 0.3) is 11.6 Å². The topological polar surface area (TPSA) is 85.2 Å². The molecule has 0 spiro atoms. The molecule has 1 fully saturated rings. The quantitative estimate of drug-likeness (QED) is 0.359. The average Bonchev–Trinajstić information content (AvgIpc) is 2.73. The molecule has 148 valence electrons. The second-order valence-corrected chi connectivity index (χ2v) is 7.41. The van der Waals surface area contributed by atoms with Crippen LogP contribution in [0, 0.1) is 13.7 Å². The van der Waals surface area contributed by atoms with E-state index in [0.29, 0.717) is 43.2 Å². The molecule has 0 aliphatic carbocycles. The number of nitro groups is 1. The highest BCUT2D eigenvalue weighted by Crippen LogP contribution is 2.32. The van der Waals surface area contributed by atoms with Crippen molar-refractivity contribution in [2.24, 2.45) is 0 Å². The fourth-order valence-electron chi connectivity index (χ4n) is 3.16. The van der Waals surface area contributed by atoms with Gasteiger partial charge in [-0.15, -0.1) is 0 Å². The van der Waals surface area contributed by atoms with Gasteiger partial charge < -0.3 is 19.3 Å². The first-order valence-corrected chi connectivity index (χ1v) is 9.72. The summed E-state index contributed by atoms with van der Waals surface area (Å²) in [4.78, 5) is 27.4. The van der Waals surface area contributed by atoms with Crippen molar-refractivity contribution in [3.8, 4) is 11.5 Å². The predicted molar refractivity (Wildman–Crippen MR) is 113 cm³/mol. The van der Waals surface area contributed by atoms with Crippen molar-refractivity contribution in [2.75, 3.05) is 45.3 Å². The Balaban J connectivity index is 1.72. The number of piperazine rings is 1. The number of nitro benzene ring substituents is 1. The smallest absolute Gasteiger partial charge is 0.271 e. The third-order valence-corrected chi connectivity index (χ3v) is 5.57. The van der Waals surface area contributed by atoms with E-state index < -0.39 is 4.92 Å². The van der Waals surface area contributed by atoms with Gasteiger partial charge in [0.2, 0.25) is 0 Å². The summed E-state index contributed by atoms with van der Waals surface area (Å²) in [5.74, 6) is 1.03. The number of methoxy groups -OCH3 is 2. The zero-order valence-electron chi connectivity index (χ0n) is 15.6. The number of ether oxygens (including phenoxy) is 2. The van der Waals surface area contributed by atoms with Crippen molar-refractivity contribution >= 4 is 39.9 Å². The van der Waals surface area contributed by atoms with Crippen LogP contribution in [-0.4, -0.2) is 56.1 Å². The van der Waals surface area contributed by atoms with E-state index >= 15 is 0 Å². The third-order valence-electron chi connectivity index (χ3n) is 4.68. The molecule has 1 saturated heterocycles. The first kappa shape index (κ1) is 20.2. The number of rotatable bonds is 5. The summed E-state index contributed by atoms with van der Waals surface area (Å²) < 4.78 is 11.4. The molecule has 0 unspecified atom stereocenters. The molecule has 9 heteroatoms. The summed E-state index contributed by atoms with van der Waals surface area (Å²) in [5.41, 5.74) is 1.43. The van der Waals surface area contributed by atoms with Gasteiger partial charge in [-0.25, -0.2) is 0 Å². The molecule has 1 aliphatic heterocycles. The normalized spacial score (nSPS) is 14.0. The monoisotopic (exact) mass is 497 g/mol. The minimum absolute atomic E-state index is 0.0656. The Kier molecular flexibility index (Phi) is 6.22. The maximum Gasteiger partial charge on any atom is 0.271 e. The van der Waals surface area contributed by atoms with Gasteiger partial charge in [-0.3, -0.25) is 14.9 Å². The minimum atomic E-state index is -0.401. The van der Waals surface area contributed by atoms with Crippen LogP contribution in [0.3, 0.4) is 0 Å².